The largest absolute Gasteiger partial charge is 0.435 e. The first-order chi connectivity index (χ1) is 20.5. The lowest BCUT2D eigenvalue weighted by Gasteiger charge is -2.48. The molecule has 0 aromatic heterocycles. The summed E-state index contributed by atoms with van der Waals surface area (Å²) in [5.41, 5.74) is -0.356. The van der Waals surface area contributed by atoms with Crippen molar-refractivity contribution in [3.05, 3.63) is 72.0 Å². The smallest absolute Gasteiger partial charge is 0.416 e. The minimum atomic E-state index is -4.81. The third-order valence-corrected chi connectivity index (χ3v) is 9.63. The highest BCUT2D eigenvalue weighted by atomic mass is 32.2. The number of nitrogens with zero attached hydrogens (tertiary/aromatic N) is 2. The SMILES string of the molecule is CS(=O)(=O)COC1CCN2c3ccc(-c4cc(F)cc(OC(F)F)c4)cc3N(S(=O)(=O)c3cccc(C(F)(F)F)c3)C[C@@H]2C1. The number of sulfonamides is 1. The van der Waals surface area contributed by atoms with Crippen molar-refractivity contribution in [2.45, 2.75) is 42.7 Å². The Hall–Kier alpha value is -3.50. The van der Waals surface area contributed by atoms with E-state index in [0.717, 1.165) is 47.0 Å². The topological polar surface area (TPSA) is 93.2 Å². The molecule has 0 aliphatic carbocycles. The van der Waals surface area contributed by atoms with E-state index in [1.54, 1.807) is 6.07 Å². The lowest BCUT2D eigenvalue weighted by atomic mass is 9.94. The Morgan fingerprint density at radius 2 is 1.70 bits per heavy atom. The van der Waals surface area contributed by atoms with Crippen molar-refractivity contribution in [2.24, 2.45) is 0 Å². The number of piperidine rings is 1. The normalized spacial score (nSPS) is 19.1. The number of benzene rings is 3. The van der Waals surface area contributed by atoms with Crippen LogP contribution < -0.4 is 13.9 Å². The molecule has 2 aliphatic heterocycles. The Morgan fingerprint density at radius 3 is 2.39 bits per heavy atom. The third kappa shape index (κ3) is 6.91. The van der Waals surface area contributed by atoms with E-state index >= 15 is 0 Å². The van der Waals surface area contributed by atoms with Crippen LogP contribution in [0.3, 0.4) is 0 Å². The van der Waals surface area contributed by atoms with Gasteiger partial charge in [-0.15, -0.1) is 0 Å². The molecule has 5 rings (SSSR count). The maximum atomic E-state index is 14.3. The van der Waals surface area contributed by atoms with E-state index in [4.69, 9.17) is 4.74 Å². The summed E-state index contributed by atoms with van der Waals surface area (Å²) in [6.07, 6.45) is -3.68. The molecule has 0 radical (unpaired) electrons. The van der Waals surface area contributed by atoms with E-state index < -0.39 is 72.8 Å². The zero-order valence-corrected chi connectivity index (χ0v) is 24.6. The second-order valence-electron chi connectivity index (χ2n) is 10.5. The van der Waals surface area contributed by atoms with Gasteiger partial charge in [0.15, 0.2) is 9.84 Å². The van der Waals surface area contributed by atoms with Crippen molar-refractivity contribution in [2.75, 3.05) is 34.5 Å². The van der Waals surface area contributed by atoms with Crippen molar-refractivity contribution >= 4 is 31.2 Å². The minimum absolute atomic E-state index is 0.0762. The molecule has 0 amide bonds. The quantitative estimate of drug-likeness (QED) is 0.286. The number of hydrogen-bond acceptors (Lipinski definition) is 7. The summed E-state index contributed by atoms with van der Waals surface area (Å²) in [5, 5.41) is 0. The second-order valence-corrected chi connectivity index (χ2v) is 14.5. The molecule has 0 spiro atoms. The van der Waals surface area contributed by atoms with Crippen LogP contribution in [0.25, 0.3) is 11.1 Å². The molecule has 3 aromatic carbocycles. The molecule has 0 saturated carbocycles. The van der Waals surface area contributed by atoms with Gasteiger partial charge in [-0.2, -0.15) is 22.0 Å². The first-order valence-electron chi connectivity index (χ1n) is 13.2. The first kappa shape index (κ1) is 31.9. The van der Waals surface area contributed by atoms with Crippen molar-refractivity contribution in [3.8, 4) is 16.9 Å². The maximum absolute atomic E-state index is 14.3. The van der Waals surface area contributed by atoms with Crippen LogP contribution >= 0.6 is 0 Å². The van der Waals surface area contributed by atoms with Crippen LogP contribution in [0.4, 0.5) is 37.7 Å². The highest BCUT2D eigenvalue weighted by molar-refractivity contribution is 7.92. The number of fused-ring (bicyclic) bond motifs is 3. The van der Waals surface area contributed by atoms with Crippen LogP contribution in [0.1, 0.15) is 18.4 Å². The second kappa shape index (κ2) is 11.8. The Morgan fingerprint density at radius 1 is 0.955 bits per heavy atom. The van der Waals surface area contributed by atoms with Crippen LogP contribution in [-0.4, -0.2) is 60.9 Å². The average molecular weight is 665 g/mol. The van der Waals surface area contributed by atoms with Crippen molar-refractivity contribution in [1.82, 2.24) is 0 Å². The molecular weight excluding hydrogens is 638 g/mol. The van der Waals surface area contributed by atoms with Crippen molar-refractivity contribution < 1.29 is 52.7 Å². The lowest BCUT2D eigenvalue weighted by Crippen LogP contribution is -2.55. The van der Waals surface area contributed by atoms with Gasteiger partial charge in [-0.3, -0.25) is 4.31 Å². The van der Waals surface area contributed by atoms with E-state index in [9.17, 15) is 43.2 Å². The number of rotatable bonds is 8. The summed E-state index contributed by atoms with van der Waals surface area (Å²) in [7, 11) is -8.06. The molecule has 44 heavy (non-hydrogen) atoms. The van der Waals surface area contributed by atoms with Crippen LogP contribution in [-0.2, 0) is 30.8 Å². The van der Waals surface area contributed by atoms with Crippen LogP contribution in [0.2, 0.25) is 0 Å². The first-order valence-corrected chi connectivity index (χ1v) is 16.7. The summed E-state index contributed by atoms with van der Waals surface area (Å²) in [5.74, 6) is -1.88. The fourth-order valence-corrected chi connectivity index (χ4v) is 7.39. The Kier molecular flexibility index (Phi) is 8.54. The maximum Gasteiger partial charge on any atom is 0.416 e. The molecule has 2 atom stereocenters. The fraction of sp³-hybridized carbons (Fsp3) is 0.357. The molecule has 2 aliphatic rings. The molecule has 1 fully saturated rings. The van der Waals surface area contributed by atoms with Gasteiger partial charge < -0.3 is 14.4 Å². The molecule has 0 bridgehead atoms. The van der Waals surface area contributed by atoms with Gasteiger partial charge in [0.2, 0.25) is 0 Å². The number of sulfone groups is 1. The van der Waals surface area contributed by atoms with Crippen LogP contribution in [0.5, 0.6) is 5.75 Å². The van der Waals surface area contributed by atoms with Gasteiger partial charge in [0, 0.05) is 18.9 Å². The van der Waals surface area contributed by atoms with Gasteiger partial charge in [0.25, 0.3) is 10.0 Å². The molecule has 16 heteroatoms. The van der Waals surface area contributed by atoms with Crippen molar-refractivity contribution in [3.63, 3.8) is 0 Å². The summed E-state index contributed by atoms with van der Waals surface area (Å²) in [6.45, 7) is -3.10. The third-order valence-electron chi connectivity index (χ3n) is 7.29. The standard InChI is InChI=1S/C28H26F6N2O6S2/c1-43(37,38)16-41-22-7-8-35-21(14-22)15-36(44(39,40)24-4-2-3-19(12-24)28(32,33)34)26-11-17(5-6-25(26)35)18-9-20(29)13-23(10-18)42-27(30)31/h2-6,9-13,21-22,27H,7-8,14-16H2,1H3/t21-,22?/m0/s1. The van der Waals surface area contributed by atoms with Crippen molar-refractivity contribution in [1.29, 1.82) is 0 Å². The summed E-state index contributed by atoms with van der Waals surface area (Å²) >= 11 is 0. The lowest BCUT2D eigenvalue weighted by molar-refractivity contribution is -0.137. The van der Waals surface area contributed by atoms with E-state index in [1.165, 1.54) is 12.1 Å². The molecule has 2 heterocycles. The van der Waals surface area contributed by atoms with E-state index in [0.29, 0.717) is 24.7 Å². The minimum Gasteiger partial charge on any atom is -0.435 e. The zero-order valence-electron chi connectivity index (χ0n) is 23.0. The average Bonchev–Trinajstić information content (AvgIpc) is 2.93. The zero-order chi connectivity index (χ0) is 32.0. The van der Waals surface area contributed by atoms with E-state index in [-0.39, 0.29) is 29.8 Å². The van der Waals surface area contributed by atoms with Crippen LogP contribution in [0.15, 0.2) is 65.6 Å². The monoisotopic (exact) mass is 664 g/mol. The highest BCUT2D eigenvalue weighted by Crippen LogP contribution is 2.44. The summed E-state index contributed by atoms with van der Waals surface area (Å²) < 4.78 is 143. The summed E-state index contributed by atoms with van der Waals surface area (Å²) in [4.78, 5) is 1.28. The number of alkyl halides is 5. The number of ether oxygens (including phenoxy) is 2. The Balaban J connectivity index is 1.59. The molecule has 0 N–H and O–H groups in total. The van der Waals surface area contributed by atoms with Gasteiger partial charge in [-0.1, -0.05) is 12.1 Å². The number of halogens is 6. The Bertz CT molecular complexity index is 1770. The molecular formula is C28H26F6N2O6S2. The molecule has 8 nitrogen and oxygen atoms in total. The van der Waals surface area contributed by atoms with Gasteiger partial charge in [0.05, 0.1) is 40.5 Å². The highest BCUT2D eigenvalue weighted by Gasteiger charge is 2.41. The van der Waals surface area contributed by atoms with Gasteiger partial charge in [0.1, 0.15) is 17.5 Å². The van der Waals surface area contributed by atoms with Gasteiger partial charge >= 0.3 is 12.8 Å². The molecule has 1 unspecified atom stereocenters. The number of hydrogen-bond donors (Lipinski definition) is 0. The van der Waals surface area contributed by atoms with Gasteiger partial charge in [-0.05, 0) is 66.4 Å². The van der Waals surface area contributed by atoms with Gasteiger partial charge in [-0.25, -0.2) is 21.2 Å². The molecule has 3 aromatic rings. The number of anilines is 2. The predicted octanol–water partition coefficient (Wildman–Crippen LogP) is 5.68. The van der Waals surface area contributed by atoms with E-state index in [2.05, 4.69) is 4.74 Å². The van der Waals surface area contributed by atoms with Crippen LogP contribution in [0, 0.1) is 5.82 Å². The summed E-state index contributed by atoms with van der Waals surface area (Å²) in [6, 6.07) is 10.2. The molecule has 238 valence electrons. The van der Waals surface area contributed by atoms with E-state index in [1.807, 2.05) is 4.90 Å². The fourth-order valence-electron chi connectivity index (χ4n) is 5.40. The Labute approximate surface area is 249 Å². The molecule has 1 saturated heterocycles. The predicted molar refractivity (Wildman–Crippen MR) is 149 cm³/mol.